The number of carboxylic acids is 1. The first-order valence-electron chi connectivity index (χ1n) is 4.96. The fourth-order valence-electron chi connectivity index (χ4n) is 1.65. The van der Waals surface area contributed by atoms with Gasteiger partial charge in [0.15, 0.2) is 0 Å². The summed E-state index contributed by atoms with van der Waals surface area (Å²) in [7, 11) is 0. The molecular weight excluding hydrogens is 198 g/mol. The van der Waals surface area contributed by atoms with E-state index in [0.717, 1.165) is 12.0 Å². The predicted octanol–water partition coefficient (Wildman–Crippen LogP) is 0.660. The average Bonchev–Trinajstić information content (AvgIpc) is 2.25. The molecule has 1 aliphatic heterocycles. The van der Waals surface area contributed by atoms with E-state index < -0.39 is 5.97 Å². The van der Waals surface area contributed by atoms with Crippen LogP contribution >= 0.6 is 0 Å². The fourth-order valence-corrected chi connectivity index (χ4v) is 1.65. The van der Waals surface area contributed by atoms with Crippen LogP contribution in [0.25, 0.3) is 0 Å². The van der Waals surface area contributed by atoms with Gasteiger partial charge in [0.2, 0.25) is 6.41 Å². The number of hydrogen-bond acceptors (Lipinski definition) is 3. The van der Waals surface area contributed by atoms with Gasteiger partial charge in [0.1, 0.15) is 5.70 Å². The minimum Gasteiger partial charge on any atom is -0.477 e. The van der Waals surface area contributed by atoms with Crippen molar-refractivity contribution in [3.8, 4) is 0 Å². The van der Waals surface area contributed by atoms with Gasteiger partial charge in [0.25, 0.3) is 0 Å². The Hall–Kier alpha value is -1.36. The first kappa shape index (κ1) is 11.7. The number of hydrogen-bond donors (Lipinski definition) is 2. The number of nitrogens with one attached hydrogen (secondary N) is 1. The van der Waals surface area contributed by atoms with E-state index >= 15 is 0 Å². The molecule has 0 aliphatic carbocycles. The Kier molecular flexibility index (Phi) is 4.30. The van der Waals surface area contributed by atoms with Crippen LogP contribution in [0.3, 0.4) is 0 Å². The highest BCUT2D eigenvalue weighted by molar-refractivity contribution is 5.89. The van der Waals surface area contributed by atoms with Crippen LogP contribution in [0.4, 0.5) is 0 Å². The second-order valence-corrected chi connectivity index (χ2v) is 3.40. The van der Waals surface area contributed by atoms with Crippen molar-refractivity contribution >= 4 is 12.4 Å². The van der Waals surface area contributed by atoms with E-state index in [1.54, 1.807) is 0 Å². The van der Waals surface area contributed by atoms with Crippen LogP contribution in [0.2, 0.25) is 0 Å². The van der Waals surface area contributed by atoms with Gasteiger partial charge in [-0.25, -0.2) is 4.79 Å². The lowest BCUT2D eigenvalue weighted by atomic mass is 9.98. The Morgan fingerprint density at radius 3 is 3.00 bits per heavy atom. The highest BCUT2D eigenvalue weighted by atomic mass is 16.5. The molecule has 0 bridgehead atoms. The third-order valence-corrected chi connectivity index (χ3v) is 2.46. The zero-order valence-electron chi connectivity index (χ0n) is 8.66. The summed E-state index contributed by atoms with van der Waals surface area (Å²) < 4.78 is 5.42. The van der Waals surface area contributed by atoms with Gasteiger partial charge in [0, 0.05) is 0 Å². The fraction of sp³-hybridized carbons (Fsp3) is 0.600. The van der Waals surface area contributed by atoms with Crippen molar-refractivity contribution in [3.63, 3.8) is 0 Å². The van der Waals surface area contributed by atoms with E-state index in [1.165, 1.54) is 0 Å². The highest BCUT2D eigenvalue weighted by Gasteiger charge is 2.21. The van der Waals surface area contributed by atoms with Gasteiger partial charge < -0.3 is 15.2 Å². The molecule has 1 unspecified atom stereocenters. The number of aliphatic carboxylic acids is 1. The van der Waals surface area contributed by atoms with E-state index in [0.29, 0.717) is 25.9 Å². The van der Waals surface area contributed by atoms with Crippen molar-refractivity contribution in [1.29, 1.82) is 0 Å². The first-order valence-corrected chi connectivity index (χ1v) is 4.96. The molecule has 5 nitrogen and oxygen atoms in total. The zero-order valence-corrected chi connectivity index (χ0v) is 8.66. The highest BCUT2D eigenvalue weighted by Crippen LogP contribution is 2.23. The van der Waals surface area contributed by atoms with Crippen LogP contribution in [0.15, 0.2) is 11.3 Å². The average molecular weight is 213 g/mol. The van der Waals surface area contributed by atoms with Crippen molar-refractivity contribution in [2.45, 2.75) is 32.3 Å². The first-order chi connectivity index (χ1) is 7.19. The number of carboxylic acid groups (broad SMARTS) is 1. The summed E-state index contributed by atoms with van der Waals surface area (Å²) in [6, 6.07) is 0. The summed E-state index contributed by atoms with van der Waals surface area (Å²) in [4.78, 5) is 21.1. The van der Waals surface area contributed by atoms with Crippen molar-refractivity contribution in [2.24, 2.45) is 0 Å². The molecule has 1 saturated heterocycles. The molecule has 1 aliphatic rings. The largest absolute Gasteiger partial charge is 0.477 e. The van der Waals surface area contributed by atoms with Gasteiger partial charge in [-0.2, -0.15) is 0 Å². The molecule has 84 valence electrons. The molecule has 1 amide bonds. The molecule has 0 radical (unpaired) electrons. The normalized spacial score (nSPS) is 24.5. The van der Waals surface area contributed by atoms with Crippen molar-refractivity contribution < 1.29 is 19.4 Å². The number of rotatable bonds is 4. The second-order valence-electron chi connectivity index (χ2n) is 3.40. The number of amides is 1. The number of carbonyl (C=O) groups is 2. The molecule has 1 heterocycles. The molecule has 0 saturated carbocycles. The Morgan fingerprint density at radius 2 is 2.47 bits per heavy atom. The lowest BCUT2D eigenvalue weighted by molar-refractivity contribution is -0.134. The molecular formula is C10H15NO4. The Morgan fingerprint density at radius 1 is 1.73 bits per heavy atom. The maximum Gasteiger partial charge on any atom is 0.352 e. The summed E-state index contributed by atoms with van der Waals surface area (Å²) >= 11 is 0. The van der Waals surface area contributed by atoms with Gasteiger partial charge in [-0.3, -0.25) is 4.79 Å². The topological polar surface area (TPSA) is 75.6 Å². The third-order valence-electron chi connectivity index (χ3n) is 2.46. The molecule has 0 aromatic heterocycles. The van der Waals surface area contributed by atoms with Crippen molar-refractivity contribution in [1.82, 2.24) is 5.32 Å². The summed E-state index contributed by atoms with van der Waals surface area (Å²) in [5.41, 5.74) is 0.763. The molecule has 15 heavy (non-hydrogen) atoms. The standard InChI is InChI=1S/C10H15NO4/c1-2-8-5-7(3-4-15-8)9(10(13)14)11-6-12/h6,8H,2-5H2,1H3,(H,11,12)(H,13,14)/b9-7-. The van der Waals surface area contributed by atoms with Crippen LogP contribution in [-0.2, 0) is 14.3 Å². The Balaban J connectivity index is 2.83. The summed E-state index contributed by atoms with van der Waals surface area (Å²) in [6.07, 6.45) is 2.46. The van der Waals surface area contributed by atoms with Crippen molar-refractivity contribution in [3.05, 3.63) is 11.3 Å². The van der Waals surface area contributed by atoms with Crippen molar-refractivity contribution in [2.75, 3.05) is 6.61 Å². The van der Waals surface area contributed by atoms with Gasteiger partial charge in [0.05, 0.1) is 12.7 Å². The van der Waals surface area contributed by atoms with E-state index in [9.17, 15) is 9.59 Å². The minimum atomic E-state index is -1.09. The number of ether oxygens (including phenoxy) is 1. The van der Waals surface area contributed by atoms with E-state index in [1.807, 2.05) is 6.92 Å². The van der Waals surface area contributed by atoms with Gasteiger partial charge in [-0.05, 0) is 24.8 Å². The quantitative estimate of drug-likeness (QED) is 0.531. The van der Waals surface area contributed by atoms with E-state index in [-0.39, 0.29) is 11.8 Å². The minimum absolute atomic E-state index is 0.00625. The zero-order chi connectivity index (χ0) is 11.3. The molecule has 2 N–H and O–H groups in total. The van der Waals surface area contributed by atoms with Crippen LogP contribution < -0.4 is 5.32 Å². The lowest BCUT2D eigenvalue weighted by Gasteiger charge is -2.25. The molecule has 1 rings (SSSR count). The van der Waals surface area contributed by atoms with Crippen LogP contribution in [0.5, 0.6) is 0 Å². The summed E-state index contributed by atoms with van der Waals surface area (Å²) in [5, 5.41) is 11.1. The monoisotopic (exact) mass is 213 g/mol. The maximum absolute atomic E-state index is 10.9. The van der Waals surface area contributed by atoms with Crippen LogP contribution in [-0.4, -0.2) is 30.2 Å². The summed E-state index contributed by atoms with van der Waals surface area (Å²) in [5.74, 6) is -1.09. The molecule has 0 aromatic carbocycles. The smallest absolute Gasteiger partial charge is 0.352 e. The van der Waals surface area contributed by atoms with E-state index in [2.05, 4.69) is 5.32 Å². The molecule has 5 heteroatoms. The SMILES string of the molecule is CCC1C/C(=C(\NC=O)C(=O)O)CCO1. The van der Waals surface area contributed by atoms with Gasteiger partial charge in [-0.15, -0.1) is 0 Å². The van der Waals surface area contributed by atoms with Gasteiger partial charge in [-0.1, -0.05) is 6.92 Å². The van der Waals surface area contributed by atoms with Gasteiger partial charge >= 0.3 is 5.97 Å². The Labute approximate surface area is 88.1 Å². The number of carbonyl (C=O) groups excluding carboxylic acids is 1. The summed E-state index contributed by atoms with van der Waals surface area (Å²) in [6.45, 7) is 2.51. The Bertz CT molecular complexity index is 285. The van der Waals surface area contributed by atoms with E-state index in [4.69, 9.17) is 9.84 Å². The second kappa shape index (κ2) is 5.50. The lowest BCUT2D eigenvalue weighted by Crippen LogP contribution is -2.27. The predicted molar refractivity (Wildman–Crippen MR) is 53.1 cm³/mol. The molecule has 0 spiro atoms. The molecule has 1 fully saturated rings. The van der Waals surface area contributed by atoms with Crippen LogP contribution in [0.1, 0.15) is 26.2 Å². The molecule has 1 atom stereocenters. The third kappa shape index (κ3) is 3.06. The van der Waals surface area contributed by atoms with Crippen LogP contribution in [0, 0.1) is 0 Å². The maximum atomic E-state index is 10.9. The molecule has 0 aromatic rings.